The highest BCUT2D eigenvalue weighted by atomic mass is 16.6. The molecule has 0 saturated heterocycles. The number of hydrogen-bond donors (Lipinski definition) is 0. The first-order valence-corrected chi connectivity index (χ1v) is 6.81. The van der Waals surface area contributed by atoms with Gasteiger partial charge in [-0.15, -0.1) is 0 Å². The SMILES string of the molecule is O=[N+]([O-])c1ccccc1-c1cccc(Oc2ccccc2)c1. The molecule has 0 fully saturated rings. The predicted octanol–water partition coefficient (Wildman–Crippen LogP) is 5.05. The summed E-state index contributed by atoms with van der Waals surface area (Å²) in [5, 5.41) is 11.1. The molecule has 0 N–H and O–H groups in total. The molecule has 4 heteroatoms. The van der Waals surface area contributed by atoms with Gasteiger partial charge < -0.3 is 4.74 Å². The maximum absolute atomic E-state index is 11.1. The Morgan fingerprint density at radius 2 is 1.45 bits per heavy atom. The van der Waals surface area contributed by atoms with Gasteiger partial charge in [0.25, 0.3) is 5.69 Å². The molecule has 0 saturated carbocycles. The maximum atomic E-state index is 11.1. The van der Waals surface area contributed by atoms with Gasteiger partial charge in [0.15, 0.2) is 0 Å². The summed E-state index contributed by atoms with van der Waals surface area (Å²) in [5.41, 5.74) is 1.41. The number of nitro groups is 1. The highest BCUT2D eigenvalue weighted by molar-refractivity contribution is 5.74. The van der Waals surface area contributed by atoms with E-state index in [4.69, 9.17) is 4.74 Å². The second kappa shape index (κ2) is 6.10. The van der Waals surface area contributed by atoms with Crippen LogP contribution in [0.15, 0.2) is 78.9 Å². The van der Waals surface area contributed by atoms with E-state index in [0.717, 1.165) is 11.3 Å². The van der Waals surface area contributed by atoms with E-state index in [-0.39, 0.29) is 10.6 Å². The van der Waals surface area contributed by atoms with Gasteiger partial charge in [-0.3, -0.25) is 10.1 Å². The molecule has 3 rings (SSSR count). The number of nitrogens with zero attached hydrogens (tertiary/aromatic N) is 1. The van der Waals surface area contributed by atoms with Gasteiger partial charge in [-0.05, 0) is 35.9 Å². The summed E-state index contributed by atoms with van der Waals surface area (Å²) in [6, 6.07) is 23.4. The van der Waals surface area contributed by atoms with Crippen LogP contribution in [0, 0.1) is 10.1 Å². The fraction of sp³-hybridized carbons (Fsp3) is 0. The monoisotopic (exact) mass is 291 g/mol. The van der Waals surface area contributed by atoms with E-state index in [1.54, 1.807) is 24.3 Å². The molecule has 0 heterocycles. The van der Waals surface area contributed by atoms with Crippen LogP contribution < -0.4 is 4.74 Å². The van der Waals surface area contributed by atoms with Crippen molar-refractivity contribution in [2.75, 3.05) is 0 Å². The molecule has 3 aromatic carbocycles. The Morgan fingerprint density at radius 1 is 0.773 bits per heavy atom. The zero-order valence-corrected chi connectivity index (χ0v) is 11.7. The van der Waals surface area contributed by atoms with Gasteiger partial charge >= 0.3 is 0 Å². The average molecular weight is 291 g/mol. The fourth-order valence-corrected chi connectivity index (χ4v) is 2.23. The van der Waals surface area contributed by atoms with Crippen molar-refractivity contribution in [3.05, 3.63) is 89.0 Å². The minimum atomic E-state index is -0.375. The van der Waals surface area contributed by atoms with Crippen LogP contribution >= 0.6 is 0 Å². The summed E-state index contributed by atoms with van der Waals surface area (Å²) in [6.45, 7) is 0. The summed E-state index contributed by atoms with van der Waals surface area (Å²) >= 11 is 0. The summed E-state index contributed by atoms with van der Waals surface area (Å²) in [5.74, 6) is 1.36. The molecule has 0 radical (unpaired) electrons. The van der Waals surface area contributed by atoms with Gasteiger partial charge in [0, 0.05) is 6.07 Å². The van der Waals surface area contributed by atoms with Gasteiger partial charge in [0.1, 0.15) is 11.5 Å². The van der Waals surface area contributed by atoms with E-state index in [9.17, 15) is 10.1 Å². The molecule has 0 aliphatic carbocycles. The van der Waals surface area contributed by atoms with Crippen LogP contribution in [-0.2, 0) is 0 Å². The van der Waals surface area contributed by atoms with Crippen molar-refractivity contribution in [1.29, 1.82) is 0 Å². The number of rotatable bonds is 4. The van der Waals surface area contributed by atoms with Crippen molar-refractivity contribution in [2.24, 2.45) is 0 Å². The molecule has 0 spiro atoms. The van der Waals surface area contributed by atoms with E-state index in [0.29, 0.717) is 11.3 Å². The molecular formula is C18H13NO3. The van der Waals surface area contributed by atoms with Gasteiger partial charge in [-0.2, -0.15) is 0 Å². The second-order valence-corrected chi connectivity index (χ2v) is 4.72. The van der Waals surface area contributed by atoms with Crippen LogP contribution in [-0.4, -0.2) is 4.92 Å². The lowest BCUT2D eigenvalue weighted by Gasteiger charge is -2.08. The molecular weight excluding hydrogens is 278 g/mol. The summed E-state index contributed by atoms with van der Waals surface area (Å²) < 4.78 is 5.77. The van der Waals surface area contributed by atoms with Crippen molar-refractivity contribution in [1.82, 2.24) is 0 Å². The summed E-state index contributed by atoms with van der Waals surface area (Å²) in [6.07, 6.45) is 0. The zero-order valence-electron chi connectivity index (χ0n) is 11.7. The Morgan fingerprint density at radius 3 is 2.23 bits per heavy atom. The number of hydrogen-bond acceptors (Lipinski definition) is 3. The molecule has 3 aromatic rings. The molecule has 0 aliphatic heterocycles. The standard InChI is InChI=1S/C18H13NO3/c20-19(21)18-12-5-4-11-17(18)14-7-6-10-16(13-14)22-15-8-2-1-3-9-15/h1-13H. The smallest absolute Gasteiger partial charge is 0.277 e. The Balaban J connectivity index is 1.97. The Hall–Kier alpha value is -3.14. The van der Waals surface area contributed by atoms with Crippen molar-refractivity contribution in [3.8, 4) is 22.6 Å². The van der Waals surface area contributed by atoms with E-state index < -0.39 is 0 Å². The minimum Gasteiger partial charge on any atom is -0.457 e. The maximum Gasteiger partial charge on any atom is 0.277 e. The van der Waals surface area contributed by atoms with Crippen LogP contribution in [0.25, 0.3) is 11.1 Å². The second-order valence-electron chi connectivity index (χ2n) is 4.72. The number of nitro benzene ring substituents is 1. The minimum absolute atomic E-state index is 0.0827. The lowest BCUT2D eigenvalue weighted by atomic mass is 10.0. The number of benzene rings is 3. The molecule has 0 aliphatic rings. The first kappa shape index (κ1) is 13.8. The molecule has 0 atom stereocenters. The topological polar surface area (TPSA) is 52.4 Å². The zero-order chi connectivity index (χ0) is 15.4. The van der Waals surface area contributed by atoms with Gasteiger partial charge in [-0.1, -0.05) is 42.5 Å². The number of para-hydroxylation sites is 2. The quantitative estimate of drug-likeness (QED) is 0.499. The lowest BCUT2D eigenvalue weighted by Crippen LogP contribution is -1.92. The largest absolute Gasteiger partial charge is 0.457 e. The van der Waals surface area contributed by atoms with Crippen molar-refractivity contribution < 1.29 is 9.66 Å². The molecule has 4 nitrogen and oxygen atoms in total. The van der Waals surface area contributed by atoms with E-state index >= 15 is 0 Å². The third-order valence-corrected chi connectivity index (χ3v) is 3.22. The molecule has 0 amide bonds. The summed E-state index contributed by atoms with van der Waals surface area (Å²) in [4.78, 5) is 10.8. The Labute approximate surface area is 127 Å². The first-order valence-electron chi connectivity index (χ1n) is 6.81. The normalized spacial score (nSPS) is 10.2. The van der Waals surface area contributed by atoms with E-state index in [1.807, 2.05) is 48.5 Å². The molecule has 0 bridgehead atoms. The van der Waals surface area contributed by atoms with Crippen LogP contribution in [0.5, 0.6) is 11.5 Å². The molecule has 0 unspecified atom stereocenters. The first-order chi connectivity index (χ1) is 10.7. The highest BCUT2D eigenvalue weighted by Gasteiger charge is 2.14. The van der Waals surface area contributed by atoms with Crippen molar-refractivity contribution >= 4 is 5.69 Å². The molecule has 0 aromatic heterocycles. The van der Waals surface area contributed by atoms with E-state index in [2.05, 4.69) is 0 Å². The number of ether oxygens (including phenoxy) is 1. The predicted molar refractivity (Wildman–Crippen MR) is 85.0 cm³/mol. The Bertz CT molecular complexity index is 800. The van der Waals surface area contributed by atoms with Crippen LogP contribution in [0.2, 0.25) is 0 Å². The van der Waals surface area contributed by atoms with Crippen molar-refractivity contribution in [3.63, 3.8) is 0 Å². The van der Waals surface area contributed by atoms with Crippen LogP contribution in [0.1, 0.15) is 0 Å². The highest BCUT2D eigenvalue weighted by Crippen LogP contribution is 2.32. The third kappa shape index (κ3) is 2.96. The van der Waals surface area contributed by atoms with Gasteiger partial charge in [-0.25, -0.2) is 0 Å². The third-order valence-electron chi connectivity index (χ3n) is 3.22. The fourth-order valence-electron chi connectivity index (χ4n) is 2.23. The van der Waals surface area contributed by atoms with Crippen molar-refractivity contribution in [2.45, 2.75) is 0 Å². The Kier molecular flexibility index (Phi) is 3.83. The molecule has 108 valence electrons. The van der Waals surface area contributed by atoms with Gasteiger partial charge in [0.05, 0.1) is 10.5 Å². The lowest BCUT2D eigenvalue weighted by molar-refractivity contribution is -0.384. The molecule has 22 heavy (non-hydrogen) atoms. The van der Waals surface area contributed by atoms with Gasteiger partial charge in [0.2, 0.25) is 0 Å². The average Bonchev–Trinajstić information content (AvgIpc) is 2.56. The van der Waals surface area contributed by atoms with Crippen LogP contribution in [0.4, 0.5) is 5.69 Å². The van der Waals surface area contributed by atoms with Crippen LogP contribution in [0.3, 0.4) is 0 Å². The summed E-state index contributed by atoms with van der Waals surface area (Å²) in [7, 11) is 0. The van der Waals surface area contributed by atoms with E-state index in [1.165, 1.54) is 6.07 Å².